The average Bonchev–Trinajstić information content (AvgIpc) is 3.09. The zero-order valence-electron chi connectivity index (χ0n) is 24.8. The third-order valence-electron chi connectivity index (χ3n) is 9.86. The SMILES string of the molecule is c1ccc(-c2c(-c3ccccc3)c(-c3ccccc3)c(C3CCCCC3)c(C3CCCCC3)c2-c2ccccc2)cc1. The van der Waals surface area contributed by atoms with Crippen molar-refractivity contribution in [2.45, 2.75) is 76.0 Å². The molecule has 0 nitrogen and oxygen atoms in total. The molecule has 0 atom stereocenters. The first-order chi connectivity index (χ1) is 20.9. The van der Waals surface area contributed by atoms with Crippen molar-refractivity contribution in [2.24, 2.45) is 0 Å². The molecule has 0 aliphatic heterocycles. The molecule has 0 heterocycles. The highest BCUT2D eigenvalue weighted by Gasteiger charge is 2.34. The van der Waals surface area contributed by atoms with Crippen LogP contribution in [-0.2, 0) is 0 Å². The van der Waals surface area contributed by atoms with E-state index in [2.05, 4.69) is 121 Å². The van der Waals surface area contributed by atoms with Gasteiger partial charge in [0.05, 0.1) is 0 Å². The number of hydrogen-bond acceptors (Lipinski definition) is 0. The molecule has 0 aromatic heterocycles. The largest absolute Gasteiger partial charge is 0.0622 e. The maximum atomic E-state index is 2.37. The fraction of sp³-hybridized carbons (Fsp3) is 0.286. The molecule has 0 N–H and O–H groups in total. The number of benzene rings is 5. The Morgan fingerprint density at radius 2 is 0.548 bits per heavy atom. The molecule has 5 aromatic carbocycles. The zero-order chi connectivity index (χ0) is 28.1. The summed E-state index contributed by atoms with van der Waals surface area (Å²) in [6, 6.07) is 45.3. The summed E-state index contributed by atoms with van der Waals surface area (Å²) in [6.45, 7) is 0. The fourth-order valence-electron chi connectivity index (χ4n) is 8.02. The molecule has 0 saturated heterocycles. The summed E-state index contributed by atoms with van der Waals surface area (Å²) in [5, 5.41) is 0. The lowest BCUT2D eigenvalue weighted by atomic mass is 9.67. The van der Waals surface area contributed by atoms with Crippen molar-refractivity contribution >= 4 is 0 Å². The van der Waals surface area contributed by atoms with Crippen molar-refractivity contribution in [3.63, 3.8) is 0 Å². The average molecular weight is 547 g/mol. The molecule has 210 valence electrons. The summed E-state index contributed by atoms with van der Waals surface area (Å²) in [6.07, 6.45) is 13.3. The Kier molecular flexibility index (Phi) is 8.05. The lowest BCUT2D eigenvalue weighted by molar-refractivity contribution is 0.420. The molecular weight excluding hydrogens is 504 g/mol. The number of rotatable bonds is 6. The molecule has 7 rings (SSSR count). The minimum atomic E-state index is 0.598. The van der Waals surface area contributed by atoms with Crippen molar-refractivity contribution in [3.05, 3.63) is 132 Å². The molecule has 0 spiro atoms. The first kappa shape index (κ1) is 27.0. The highest BCUT2D eigenvalue weighted by molar-refractivity contribution is 6.04. The summed E-state index contributed by atoms with van der Waals surface area (Å²) >= 11 is 0. The van der Waals surface area contributed by atoms with E-state index in [1.165, 1.54) is 109 Å². The Balaban J connectivity index is 1.72. The first-order valence-electron chi connectivity index (χ1n) is 16.4. The molecule has 2 fully saturated rings. The molecule has 0 unspecified atom stereocenters. The van der Waals surface area contributed by atoms with Crippen LogP contribution in [0.5, 0.6) is 0 Å². The third kappa shape index (κ3) is 5.24. The van der Waals surface area contributed by atoms with Gasteiger partial charge in [0.25, 0.3) is 0 Å². The van der Waals surface area contributed by atoms with E-state index in [0.717, 1.165) is 0 Å². The van der Waals surface area contributed by atoms with Gasteiger partial charge >= 0.3 is 0 Å². The van der Waals surface area contributed by atoms with E-state index in [9.17, 15) is 0 Å². The maximum absolute atomic E-state index is 2.37. The van der Waals surface area contributed by atoms with Gasteiger partial charge in [-0.3, -0.25) is 0 Å². The van der Waals surface area contributed by atoms with Crippen LogP contribution in [0, 0.1) is 0 Å². The van der Waals surface area contributed by atoms with Gasteiger partial charge in [-0.1, -0.05) is 160 Å². The quantitative estimate of drug-likeness (QED) is 0.199. The lowest BCUT2D eigenvalue weighted by Gasteiger charge is -2.37. The summed E-state index contributed by atoms with van der Waals surface area (Å²) < 4.78 is 0. The van der Waals surface area contributed by atoms with Gasteiger partial charge in [-0.2, -0.15) is 0 Å². The van der Waals surface area contributed by atoms with E-state index in [4.69, 9.17) is 0 Å². The maximum Gasteiger partial charge on any atom is -0.00175 e. The van der Waals surface area contributed by atoms with Crippen LogP contribution in [0.4, 0.5) is 0 Å². The van der Waals surface area contributed by atoms with Crippen molar-refractivity contribution in [1.82, 2.24) is 0 Å². The molecule has 2 saturated carbocycles. The molecule has 42 heavy (non-hydrogen) atoms. The van der Waals surface area contributed by atoms with Crippen LogP contribution in [0.1, 0.15) is 87.2 Å². The lowest BCUT2D eigenvalue weighted by Crippen LogP contribution is -2.17. The van der Waals surface area contributed by atoms with Crippen LogP contribution in [0.25, 0.3) is 44.5 Å². The van der Waals surface area contributed by atoms with Gasteiger partial charge in [-0.25, -0.2) is 0 Å². The predicted octanol–water partition coefficient (Wildman–Crippen LogP) is 12.4. The van der Waals surface area contributed by atoms with E-state index in [1.54, 1.807) is 11.1 Å². The van der Waals surface area contributed by atoms with Gasteiger partial charge in [0.15, 0.2) is 0 Å². The second-order valence-electron chi connectivity index (χ2n) is 12.5. The summed E-state index contributed by atoms with van der Waals surface area (Å²) in [4.78, 5) is 0. The molecule has 0 radical (unpaired) electrons. The molecule has 0 bridgehead atoms. The van der Waals surface area contributed by atoms with Crippen molar-refractivity contribution in [2.75, 3.05) is 0 Å². The van der Waals surface area contributed by atoms with Crippen LogP contribution in [-0.4, -0.2) is 0 Å². The van der Waals surface area contributed by atoms with E-state index < -0.39 is 0 Å². The highest BCUT2D eigenvalue weighted by Crippen LogP contribution is 2.56. The molecule has 0 heteroatoms. The van der Waals surface area contributed by atoms with Crippen molar-refractivity contribution in [1.29, 1.82) is 0 Å². The van der Waals surface area contributed by atoms with Crippen LogP contribution in [0.3, 0.4) is 0 Å². The van der Waals surface area contributed by atoms with Gasteiger partial charge in [0, 0.05) is 0 Å². The van der Waals surface area contributed by atoms with Gasteiger partial charge in [-0.05, 0) is 93.2 Å². The third-order valence-corrected chi connectivity index (χ3v) is 9.86. The van der Waals surface area contributed by atoms with E-state index in [0.29, 0.717) is 11.8 Å². The predicted molar refractivity (Wildman–Crippen MR) is 180 cm³/mol. The van der Waals surface area contributed by atoms with E-state index in [-0.39, 0.29) is 0 Å². The molecule has 2 aliphatic rings. The van der Waals surface area contributed by atoms with Gasteiger partial charge in [0.1, 0.15) is 0 Å². The Hall–Kier alpha value is -3.90. The summed E-state index contributed by atoms with van der Waals surface area (Å²) in [7, 11) is 0. The van der Waals surface area contributed by atoms with Gasteiger partial charge in [-0.15, -0.1) is 0 Å². The molecule has 2 aliphatic carbocycles. The van der Waals surface area contributed by atoms with Gasteiger partial charge < -0.3 is 0 Å². The second-order valence-corrected chi connectivity index (χ2v) is 12.5. The highest BCUT2D eigenvalue weighted by atomic mass is 14.4. The van der Waals surface area contributed by atoms with E-state index in [1.807, 2.05) is 0 Å². The first-order valence-corrected chi connectivity index (χ1v) is 16.4. The summed E-state index contributed by atoms with van der Waals surface area (Å²) in [5.41, 5.74) is 14.5. The Bertz CT molecular complexity index is 1460. The second kappa shape index (κ2) is 12.5. The smallest absolute Gasteiger partial charge is 0.00175 e. The van der Waals surface area contributed by atoms with Crippen LogP contribution >= 0.6 is 0 Å². The minimum absolute atomic E-state index is 0.598. The molecule has 0 amide bonds. The summed E-state index contributed by atoms with van der Waals surface area (Å²) in [5.74, 6) is 1.20. The van der Waals surface area contributed by atoms with Gasteiger partial charge in [0.2, 0.25) is 0 Å². The topological polar surface area (TPSA) is 0 Å². The van der Waals surface area contributed by atoms with Crippen molar-refractivity contribution in [3.8, 4) is 44.5 Å². The molecular formula is C42H42. The van der Waals surface area contributed by atoms with Crippen LogP contribution < -0.4 is 0 Å². The Labute approximate surface area is 252 Å². The van der Waals surface area contributed by atoms with Crippen LogP contribution in [0.2, 0.25) is 0 Å². The minimum Gasteiger partial charge on any atom is -0.0622 e. The Morgan fingerprint density at radius 1 is 0.286 bits per heavy atom. The zero-order valence-corrected chi connectivity index (χ0v) is 24.8. The molecule has 5 aromatic rings. The Morgan fingerprint density at radius 3 is 0.833 bits per heavy atom. The van der Waals surface area contributed by atoms with E-state index >= 15 is 0 Å². The normalized spacial score (nSPS) is 16.4. The number of hydrogen-bond donors (Lipinski definition) is 0. The standard InChI is InChI=1S/C42H42/c1-7-19-31(20-8-1)37-38(32-21-9-2-10-22-32)40(34-25-13-4-14-26-34)42(36-29-17-6-18-30-36)41(35-27-15-5-16-28-35)39(37)33-23-11-3-12-24-33/h1-4,7-14,19-26,35-36H,5-6,15-18,27-30H2. The fourth-order valence-corrected chi connectivity index (χ4v) is 8.02. The van der Waals surface area contributed by atoms with Crippen LogP contribution in [0.15, 0.2) is 121 Å². The monoisotopic (exact) mass is 546 g/mol. The van der Waals surface area contributed by atoms with Crippen molar-refractivity contribution < 1.29 is 0 Å².